The highest BCUT2D eigenvalue weighted by molar-refractivity contribution is 14.0. The Bertz CT molecular complexity index is 929. The highest BCUT2D eigenvalue weighted by Gasteiger charge is 2.07. The SMILES string of the molecule is CCNC(=NCc1cccc(F)c1)NCc1nc(-c2ccc(OC)cc2)n[nH]1.I. The fourth-order valence-electron chi connectivity index (χ4n) is 2.56. The van der Waals surface area contributed by atoms with Crippen LogP contribution in [0.1, 0.15) is 18.3 Å². The number of rotatable bonds is 7. The third-order valence-electron chi connectivity index (χ3n) is 3.96. The number of hydrogen-bond donors (Lipinski definition) is 3. The van der Waals surface area contributed by atoms with Crippen LogP contribution in [0.3, 0.4) is 0 Å². The lowest BCUT2D eigenvalue weighted by Crippen LogP contribution is -2.37. The number of H-pyrrole nitrogens is 1. The number of ether oxygens (including phenoxy) is 1. The zero-order valence-electron chi connectivity index (χ0n) is 16.3. The lowest BCUT2D eigenvalue weighted by molar-refractivity contribution is 0.415. The summed E-state index contributed by atoms with van der Waals surface area (Å²) in [6.45, 7) is 3.50. The van der Waals surface area contributed by atoms with Gasteiger partial charge in [0.15, 0.2) is 11.8 Å². The predicted molar refractivity (Wildman–Crippen MR) is 122 cm³/mol. The number of methoxy groups -OCH3 is 1. The van der Waals surface area contributed by atoms with Gasteiger partial charge in [-0.15, -0.1) is 24.0 Å². The summed E-state index contributed by atoms with van der Waals surface area (Å²) in [5.74, 6) is 2.43. The van der Waals surface area contributed by atoms with E-state index in [1.165, 1.54) is 12.1 Å². The number of aromatic nitrogens is 3. The summed E-state index contributed by atoms with van der Waals surface area (Å²) in [4.78, 5) is 8.97. The van der Waals surface area contributed by atoms with Gasteiger partial charge in [-0.25, -0.2) is 14.4 Å². The van der Waals surface area contributed by atoms with Gasteiger partial charge in [-0.2, -0.15) is 5.10 Å². The van der Waals surface area contributed by atoms with E-state index in [2.05, 4.69) is 30.8 Å². The van der Waals surface area contributed by atoms with Gasteiger partial charge in [0.1, 0.15) is 17.4 Å². The van der Waals surface area contributed by atoms with Crippen molar-refractivity contribution >= 4 is 29.9 Å². The molecule has 0 saturated carbocycles. The monoisotopic (exact) mass is 510 g/mol. The number of halogens is 2. The molecule has 1 aromatic heterocycles. The highest BCUT2D eigenvalue weighted by Crippen LogP contribution is 2.18. The van der Waals surface area contributed by atoms with E-state index in [0.29, 0.717) is 37.2 Å². The Kier molecular flexibility index (Phi) is 8.84. The molecule has 0 fully saturated rings. The number of nitrogens with zero attached hydrogens (tertiary/aromatic N) is 3. The highest BCUT2D eigenvalue weighted by atomic mass is 127. The summed E-state index contributed by atoms with van der Waals surface area (Å²) >= 11 is 0. The van der Waals surface area contributed by atoms with Crippen molar-refractivity contribution < 1.29 is 9.13 Å². The van der Waals surface area contributed by atoms with Crippen LogP contribution < -0.4 is 15.4 Å². The number of aromatic amines is 1. The summed E-state index contributed by atoms with van der Waals surface area (Å²) in [6.07, 6.45) is 0. The van der Waals surface area contributed by atoms with Crippen LogP contribution in [0.15, 0.2) is 53.5 Å². The zero-order valence-corrected chi connectivity index (χ0v) is 18.6. The lowest BCUT2D eigenvalue weighted by atomic mass is 10.2. The fraction of sp³-hybridized carbons (Fsp3) is 0.250. The van der Waals surface area contributed by atoms with E-state index >= 15 is 0 Å². The van der Waals surface area contributed by atoms with Gasteiger partial charge in [-0.05, 0) is 48.9 Å². The van der Waals surface area contributed by atoms with Crippen LogP contribution in [-0.4, -0.2) is 34.8 Å². The average molecular weight is 510 g/mol. The molecule has 0 spiro atoms. The van der Waals surface area contributed by atoms with Crippen LogP contribution in [0.4, 0.5) is 4.39 Å². The first-order valence-electron chi connectivity index (χ1n) is 9.00. The molecule has 2 aromatic carbocycles. The number of benzene rings is 2. The topological polar surface area (TPSA) is 87.2 Å². The number of aliphatic imine (C=N–C) groups is 1. The van der Waals surface area contributed by atoms with Gasteiger partial charge < -0.3 is 15.4 Å². The molecule has 0 unspecified atom stereocenters. The molecule has 3 rings (SSSR count). The number of nitrogens with one attached hydrogen (secondary N) is 3. The van der Waals surface area contributed by atoms with Crippen molar-refractivity contribution in [1.29, 1.82) is 0 Å². The van der Waals surface area contributed by atoms with Gasteiger partial charge in [-0.3, -0.25) is 5.10 Å². The first-order valence-corrected chi connectivity index (χ1v) is 9.00. The second kappa shape index (κ2) is 11.3. The van der Waals surface area contributed by atoms with Crippen molar-refractivity contribution in [2.75, 3.05) is 13.7 Å². The van der Waals surface area contributed by atoms with Gasteiger partial charge in [0.2, 0.25) is 0 Å². The summed E-state index contributed by atoms with van der Waals surface area (Å²) in [5, 5.41) is 13.5. The smallest absolute Gasteiger partial charge is 0.191 e. The third kappa shape index (κ3) is 6.70. The van der Waals surface area contributed by atoms with Crippen LogP contribution in [0, 0.1) is 5.82 Å². The first kappa shape index (κ1) is 22.6. The van der Waals surface area contributed by atoms with Gasteiger partial charge in [0.05, 0.1) is 20.2 Å². The number of guanidine groups is 1. The Morgan fingerprint density at radius 2 is 1.97 bits per heavy atom. The molecule has 9 heteroatoms. The average Bonchev–Trinajstić information content (AvgIpc) is 3.19. The van der Waals surface area contributed by atoms with Crippen LogP contribution in [0.5, 0.6) is 5.75 Å². The van der Waals surface area contributed by atoms with Crippen molar-refractivity contribution in [3.8, 4) is 17.1 Å². The van der Waals surface area contributed by atoms with E-state index < -0.39 is 0 Å². The molecule has 0 amide bonds. The zero-order chi connectivity index (χ0) is 19.8. The molecule has 0 radical (unpaired) electrons. The van der Waals surface area contributed by atoms with Gasteiger partial charge in [-0.1, -0.05) is 12.1 Å². The molecule has 0 aliphatic heterocycles. The Balaban J connectivity index is 0.00000300. The van der Waals surface area contributed by atoms with Crippen molar-refractivity contribution in [2.45, 2.75) is 20.0 Å². The maximum absolute atomic E-state index is 13.3. The van der Waals surface area contributed by atoms with Crippen LogP contribution >= 0.6 is 24.0 Å². The normalized spacial score (nSPS) is 10.9. The molecular weight excluding hydrogens is 486 g/mol. The quantitative estimate of drug-likeness (QED) is 0.258. The molecule has 154 valence electrons. The van der Waals surface area contributed by atoms with E-state index in [-0.39, 0.29) is 29.8 Å². The minimum absolute atomic E-state index is 0. The third-order valence-corrected chi connectivity index (χ3v) is 3.96. The fourth-order valence-corrected chi connectivity index (χ4v) is 2.56. The molecule has 0 aliphatic rings. The predicted octanol–water partition coefficient (Wildman–Crippen LogP) is 3.49. The molecule has 0 atom stereocenters. The van der Waals surface area contributed by atoms with Crippen molar-refractivity contribution in [3.05, 3.63) is 65.7 Å². The van der Waals surface area contributed by atoms with E-state index in [0.717, 1.165) is 16.9 Å². The largest absolute Gasteiger partial charge is 0.497 e. The second-order valence-electron chi connectivity index (χ2n) is 6.01. The maximum Gasteiger partial charge on any atom is 0.191 e. The van der Waals surface area contributed by atoms with Crippen LogP contribution in [0.2, 0.25) is 0 Å². The van der Waals surface area contributed by atoms with Gasteiger partial charge in [0.25, 0.3) is 0 Å². The molecule has 3 N–H and O–H groups in total. The lowest BCUT2D eigenvalue weighted by Gasteiger charge is -2.10. The van der Waals surface area contributed by atoms with E-state index in [9.17, 15) is 4.39 Å². The van der Waals surface area contributed by atoms with Crippen LogP contribution in [0.25, 0.3) is 11.4 Å². The van der Waals surface area contributed by atoms with Crippen molar-refractivity contribution in [3.63, 3.8) is 0 Å². The summed E-state index contributed by atoms with van der Waals surface area (Å²) < 4.78 is 18.4. The van der Waals surface area contributed by atoms with Crippen molar-refractivity contribution in [2.24, 2.45) is 4.99 Å². The molecule has 0 aliphatic carbocycles. The van der Waals surface area contributed by atoms with Gasteiger partial charge >= 0.3 is 0 Å². The second-order valence-corrected chi connectivity index (χ2v) is 6.01. The summed E-state index contributed by atoms with van der Waals surface area (Å²) in [7, 11) is 1.63. The summed E-state index contributed by atoms with van der Waals surface area (Å²) in [5.41, 5.74) is 1.70. The Hall–Kier alpha value is -2.69. The summed E-state index contributed by atoms with van der Waals surface area (Å²) in [6, 6.07) is 14.0. The van der Waals surface area contributed by atoms with E-state index in [1.54, 1.807) is 13.2 Å². The minimum atomic E-state index is -0.265. The molecule has 29 heavy (non-hydrogen) atoms. The van der Waals surface area contributed by atoms with Crippen LogP contribution in [-0.2, 0) is 13.1 Å². The molecule has 0 saturated heterocycles. The Morgan fingerprint density at radius 3 is 2.66 bits per heavy atom. The minimum Gasteiger partial charge on any atom is -0.497 e. The van der Waals surface area contributed by atoms with Crippen molar-refractivity contribution in [1.82, 2.24) is 25.8 Å². The van der Waals surface area contributed by atoms with Gasteiger partial charge in [0, 0.05) is 12.1 Å². The van der Waals surface area contributed by atoms with E-state index in [1.807, 2.05) is 37.3 Å². The Morgan fingerprint density at radius 1 is 1.17 bits per heavy atom. The molecule has 1 heterocycles. The number of hydrogen-bond acceptors (Lipinski definition) is 4. The Labute approximate surface area is 186 Å². The molecular formula is C20H24FIN6O. The standard InChI is InChI=1S/C20H23FN6O.HI/c1-3-22-20(23-12-14-5-4-6-16(21)11-14)24-13-18-25-19(27-26-18)15-7-9-17(28-2)10-8-15;/h4-11H,3,12-13H2,1-2H3,(H2,22,23,24)(H,25,26,27);1H. The maximum atomic E-state index is 13.3. The van der Waals surface area contributed by atoms with E-state index in [4.69, 9.17) is 4.74 Å². The molecule has 0 bridgehead atoms. The first-order chi connectivity index (χ1) is 13.7. The molecule has 3 aromatic rings. The molecule has 7 nitrogen and oxygen atoms in total.